The highest BCUT2D eigenvalue weighted by Crippen LogP contribution is 2.24. The van der Waals surface area contributed by atoms with Crippen molar-refractivity contribution in [1.82, 2.24) is 20.9 Å². The summed E-state index contributed by atoms with van der Waals surface area (Å²) in [4.78, 5) is 21.4. The number of carbonyl (C=O) groups excluding carboxylic acids is 1. The van der Waals surface area contributed by atoms with Gasteiger partial charge in [-0.05, 0) is 31.5 Å². The Kier molecular flexibility index (Phi) is 7.92. The van der Waals surface area contributed by atoms with Gasteiger partial charge in [0.15, 0.2) is 5.96 Å². The molecule has 0 fully saturated rings. The Morgan fingerprint density at radius 1 is 1.25 bits per heavy atom. The Hall–Kier alpha value is -2.48. The molecule has 8 heteroatoms. The summed E-state index contributed by atoms with van der Waals surface area (Å²) in [5.74, 6) is 0.303. The van der Waals surface area contributed by atoms with E-state index in [4.69, 9.17) is 0 Å². The third-order valence-corrected chi connectivity index (χ3v) is 5.16. The zero-order chi connectivity index (χ0) is 20.6. The molecule has 3 N–H and O–H groups in total. The fourth-order valence-corrected chi connectivity index (χ4v) is 3.29. The standard InChI is InChI=1S/C20H28FN5OS/c1-5-22-19(24-10-9-23-18(27)17-14(2)26-13-28-17)25-12-20(3,4)15-7-6-8-16(21)11-15/h6-8,11,13H,5,9-10,12H2,1-4H3,(H,23,27)(H2,22,24,25). The molecule has 0 spiro atoms. The average molecular weight is 406 g/mol. The molecule has 1 aromatic heterocycles. The van der Waals surface area contributed by atoms with Crippen LogP contribution >= 0.6 is 11.3 Å². The molecular formula is C20H28FN5OS. The zero-order valence-electron chi connectivity index (χ0n) is 16.8. The van der Waals surface area contributed by atoms with Crippen LogP contribution in [0.15, 0.2) is 34.8 Å². The molecule has 0 unspecified atom stereocenters. The molecule has 0 aliphatic carbocycles. The van der Waals surface area contributed by atoms with Crippen molar-refractivity contribution in [2.75, 3.05) is 26.2 Å². The lowest BCUT2D eigenvalue weighted by atomic mass is 9.85. The van der Waals surface area contributed by atoms with Crippen LogP contribution < -0.4 is 16.0 Å². The Morgan fingerprint density at radius 3 is 2.64 bits per heavy atom. The van der Waals surface area contributed by atoms with Gasteiger partial charge in [0.2, 0.25) is 0 Å². The normalized spacial score (nSPS) is 12.0. The van der Waals surface area contributed by atoms with Crippen molar-refractivity contribution in [2.45, 2.75) is 33.1 Å². The number of carbonyl (C=O) groups is 1. The van der Waals surface area contributed by atoms with Gasteiger partial charge in [-0.2, -0.15) is 0 Å². The van der Waals surface area contributed by atoms with Crippen LogP contribution in [0.1, 0.15) is 41.7 Å². The van der Waals surface area contributed by atoms with Crippen LogP contribution in [0.5, 0.6) is 0 Å². The van der Waals surface area contributed by atoms with Gasteiger partial charge in [0.25, 0.3) is 5.91 Å². The van der Waals surface area contributed by atoms with Crippen LogP contribution in [0.4, 0.5) is 4.39 Å². The molecule has 152 valence electrons. The van der Waals surface area contributed by atoms with Gasteiger partial charge in [-0.15, -0.1) is 11.3 Å². The number of nitrogens with one attached hydrogen (secondary N) is 3. The predicted octanol–water partition coefficient (Wildman–Crippen LogP) is 2.85. The molecule has 1 amide bonds. The summed E-state index contributed by atoms with van der Waals surface area (Å²) < 4.78 is 13.5. The molecule has 0 atom stereocenters. The third kappa shape index (κ3) is 6.30. The van der Waals surface area contributed by atoms with Gasteiger partial charge in [-0.25, -0.2) is 9.37 Å². The molecule has 2 rings (SSSR count). The first kappa shape index (κ1) is 21.8. The molecule has 0 aliphatic rings. The third-order valence-electron chi connectivity index (χ3n) is 4.24. The molecule has 28 heavy (non-hydrogen) atoms. The summed E-state index contributed by atoms with van der Waals surface area (Å²) in [6.45, 7) is 10.1. The molecule has 6 nitrogen and oxygen atoms in total. The summed E-state index contributed by atoms with van der Waals surface area (Å²) in [6, 6.07) is 6.62. The Bertz CT molecular complexity index is 818. The first-order valence-corrected chi connectivity index (χ1v) is 10.2. The largest absolute Gasteiger partial charge is 0.357 e. The van der Waals surface area contributed by atoms with E-state index in [1.54, 1.807) is 17.6 Å². The smallest absolute Gasteiger partial charge is 0.263 e. The van der Waals surface area contributed by atoms with Crippen molar-refractivity contribution in [2.24, 2.45) is 4.99 Å². The van der Waals surface area contributed by atoms with Crippen LogP contribution in [0.2, 0.25) is 0 Å². The van der Waals surface area contributed by atoms with Crippen molar-refractivity contribution < 1.29 is 9.18 Å². The number of amides is 1. The van der Waals surface area contributed by atoms with Crippen LogP contribution in [0, 0.1) is 12.7 Å². The van der Waals surface area contributed by atoms with E-state index >= 15 is 0 Å². The lowest BCUT2D eigenvalue weighted by molar-refractivity contribution is 0.0957. The van der Waals surface area contributed by atoms with Crippen molar-refractivity contribution >= 4 is 23.2 Å². The number of hydrogen-bond acceptors (Lipinski definition) is 4. The van der Waals surface area contributed by atoms with E-state index in [1.807, 2.05) is 33.8 Å². The van der Waals surface area contributed by atoms with Gasteiger partial charge < -0.3 is 16.0 Å². The maximum absolute atomic E-state index is 13.5. The molecule has 0 radical (unpaired) electrons. The first-order valence-electron chi connectivity index (χ1n) is 9.30. The van der Waals surface area contributed by atoms with E-state index in [9.17, 15) is 9.18 Å². The number of aromatic nitrogens is 1. The molecule has 2 aromatic rings. The van der Waals surface area contributed by atoms with E-state index in [-0.39, 0.29) is 17.1 Å². The molecular weight excluding hydrogens is 377 g/mol. The van der Waals surface area contributed by atoms with Gasteiger partial charge in [-0.3, -0.25) is 9.79 Å². The van der Waals surface area contributed by atoms with E-state index in [2.05, 4.69) is 25.9 Å². The topological polar surface area (TPSA) is 78.4 Å². The minimum absolute atomic E-state index is 0.115. The molecule has 0 saturated carbocycles. The molecule has 0 aliphatic heterocycles. The van der Waals surface area contributed by atoms with Gasteiger partial charge in [0.1, 0.15) is 10.7 Å². The SMILES string of the molecule is CCNC(=NCC(C)(C)c1cccc(F)c1)NCCNC(=O)c1scnc1C. The Labute approximate surface area is 169 Å². The maximum atomic E-state index is 13.5. The Morgan fingerprint density at radius 2 is 2.00 bits per heavy atom. The monoisotopic (exact) mass is 405 g/mol. The van der Waals surface area contributed by atoms with Crippen LogP contribution in [-0.4, -0.2) is 43.0 Å². The number of nitrogens with zero attached hydrogens (tertiary/aromatic N) is 2. The zero-order valence-corrected chi connectivity index (χ0v) is 17.6. The summed E-state index contributed by atoms with van der Waals surface area (Å²) in [5, 5.41) is 9.27. The number of aryl methyl sites for hydroxylation is 1. The van der Waals surface area contributed by atoms with Crippen molar-refractivity contribution in [3.8, 4) is 0 Å². The van der Waals surface area contributed by atoms with E-state index in [0.717, 1.165) is 17.8 Å². The number of rotatable bonds is 8. The number of hydrogen-bond donors (Lipinski definition) is 3. The van der Waals surface area contributed by atoms with Gasteiger partial charge >= 0.3 is 0 Å². The van der Waals surface area contributed by atoms with Crippen LogP contribution in [0.25, 0.3) is 0 Å². The molecule has 1 aromatic carbocycles. The second-order valence-corrected chi connectivity index (χ2v) is 7.89. The van der Waals surface area contributed by atoms with Gasteiger partial charge in [0.05, 0.1) is 17.7 Å². The second kappa shape index (κ2) is 10.2. The average Bonchev–Trinajstić information content (AvgIpc) is 3.09. The number of guanidine groups is 1. The Balaban J connectivity index is 1.88. The molecule has 0 bridgehead atoms. The van der Waals surface area contributed by atoms with Crippen molar-refractivity contribution in [3.63, 3.8) is 0 Å². The van der Waals surface area contributed by atoms with E-state index < -0.39 is 0 Å². The highest BCUT2D eigenvalue weighted by Gasteiger charge is 2.21. The summed E-state index contributed by atoms with van der Waals surface area (Å²) in [6.07, 6.45) is 0. The second-order valence-electron chi connectivity index (χ2n) is 7.04. The van der Waals surface area contributed by atoms with Crippen molar-refractivity contribution in [1.29, 1.82) is 0 Å². The van der Waals surface area contributed by atoms with E-state index in [1.165, 1.54) is 17.4 Å². The summed E-state index contributed by atoms with van der Waals surface area (Å²) >= 11 is 1.33. The van der Waals surface area contributed by atoms with Crippen LogP contribution in [0.3, 0.4) is 0 Å². The van der Waals surface area contributed by atoms with Crippen LogP contribution in [-0.2, 0) is 5.41 Å². The quantitative estimate of drug-likeness (QED) is 0.359. The molecule has 0 saturated heterocycles. The van der Waals surface area contributed by atoms with Crippen molar-refractivity contribution in [3.05, 3.63) is 51.7 Å². The number of aliphatic imine (C=N–C) groups is 1. The van der Waals surface area contributed by atoms with E-state index in [0.29, 0.717) is 30.5 Å². The first-order chi connectivity index (χ1) is 13.3. The summed E-state index contributed by atoms with van der Waals surface area (Å²) in [7, 11) is 0. The number of benzene rings is 1. The fourth-order valence-electron chi connectivity index (χ4n) is 2.58. The fraction of sp³-hybridized carbons (Fsp3) is 0.450. The molecule has 1 heterocycles. The van der Waals surface area contributed by atoms with Gasteiger partial charge in [-0.1, -0.05) is 26.0 Å². The lowest BCUT2D eigenvalue weighted by Crippen LogP contribution is -2.42. The maximum Gasteiger partial charge on any atom is 0.263 e. The lowest BCUT2D eigenvalue weighted by Gasteiger charge is -2.24. The highest BCUT2D eigenvalue weighted by molar-refractivity contribution is 7.11. The summed E-state index contributed by atoms with van der Waals surface area (Å²) in [5.41, 5.74) is 3.01. The minimum atomic E-state index is -0.303. The minimum Gasteiger partial charge on any atom is -0.357 e. The van der Waals surface area contributed by atoms with Gasteiger partial charge in [0, 0.05) is 25.0 Å². The highest BCUT2D eigenvalue weighted by atomic mass is 32.1. The number of thiazole rings is 1. The predicted molar refractivity (Wildman–Crippen MR) is 113 cm³/mol. The number of halogens is 1.